The number of nitrogens with one attached hydrogen (secondary N) is 9. The van der Waals surface area contributed by atoms with Gasteiger partial charge < -0.3 is 112 Å². The number of carbonyl (C=O) groups is 21. The first-order valence-electron chi connectivity index (χ1n) is 45.9. The van der Waals surface area contributed by atoms with Gasteiger partial charge >= 0.3 is 5.97 Å². The number of rotatable bonds is 32. The first kappa shape index (κ1) is 94.8. The van der Waals surface area contributed by atoms with Gasteiger partial charge in [-0.15, -0.1) is 0 Å². The molecule has 0 bridgehead atoms. The van der Waals surface area contributed by atoms with Gasteiger partial charge in [-0.3, -0.25) is 101 Å². The molecule has 13 aliphatic rings. The molecule has 0 spiro atoms. The van der Waals surface area contributed by atoms with Crippen LogP contribution >= 0.6 is 11.8 Å². The van der Waals surface area contributed by atoms with Crippen LogP contribution in [0, 0.1) is 0 Å². The largest absolute Gasteiger partial charge is 0.480 e. The van der Waals surface area contributed by atoms with Gasteiger partial charge in [0, 0.05) is 78.5 Å². The Morgan fingerprint density at radius 3 is 0.758 bits per heavy atom. The fraction of sp³-hybridized carbons (Fsp3) is 0.750. The molecule has 0 unspecified atom stereocenters. The van der Waals surface area contributed by atoms with Crippen LogP contribution in [-0.4, -0.2) is 416 Å². The van der Waals surface area contributed by atoms with Crippen molar-refractivity contribution in [2.45, 2.75) is 258 Å². The molecule has 702 valence electrons. The topological polar surface area (TPSA) is 526 Å². The van der Waals surface area contributed by atoms with Crippen molar-refractivity contribution in [3.63, 3.8) is 0 Å². The molecule has 20 amide bonds. The number of likely N-dealkylation sites (tertiary alicyclic amines) is 12. The average molecular weight is 1810 g/mol. The molecule has 0 radical (unpaired) electrons. The van der Waals surface area contributed by atoms with Crippen molar-refractivity contribution in [1.29, 1.82) is 0 Å². The van der Waals surface area contributed by atoms with Gasteiger partial charge in [-0.05, 0) is 192 Å². The van der Waals surface area contributed by atoms with Gasteiger partial charge in [0.1, 0.15) is 85.1 Å². The minimum absolute atomic E-state index is 0.123. The van der Waals surface area contributed by atoms with Crippen LogP contribution in [0.2, 0.25) is 0 Å². The molecular formula is C84H123N21O22S. The second kappa shape index (κ2) is 43.5. The number of aliphatic carboxylic acids is 1. The number of hydrogen-bond donors (Lipinski definition) is 10. The molecule has 10 N–H and O–H groups in total. The maximum Gasteiger partial charge on any atom is 0.322 e. The summed E-state index contributed by atoms with van der Waals surface area (Å²) in [5.74, 6) is -11.3. The highest BCUT2D eigenvalue weighted by Crippen LogP contribution is 2.33. The predicted octanol–water partition coefficient (Wildman–Crippen LogP) is -6.23. The van der Waals surface area contributed by atoms with E-state index in [9.17, 15) is 101 Å². The third kappa shape index (κ3) is 21.7. The summed E-state index contributed by atoms with van der Waals surface area (Å²) in [6.45, 7) is -0.0717. The van der Waals surface area contributed by atoms with E-state index in [-0.39, 0.29) is 135 Å². The van der Waals surface area contributed by atoms with Crippen molar-refractivity contribution in [3.8, 4) is 0 Å². The highest BCUT2D eigenvalue weighted by atomic mass is 32.2. The third-order valence-corrected chi connectivity index (χ3v) is 28.3. The molecule has 13 fully saturated rings. The van der Waals surface area contributed by atoms with E-state index < -0.39 is 236 Å². The van der Waals surface area contributed by atoms with E-state index in [4.69, 9.17) is 5.11 Å². The SMILES string of the molecule is CSCC[C@H](NC(=O)CNC(=O)[C@@H]1CCCN1C(=O)[C@@H]1CCCN1C(=O)CNC(=O)[C@@H]1CCCN1C(=O)[C@@H]1CCCN1C(=O)CNC(=O)[C@@H]1CCCN1C(=O)[C@@H]1CCCN1C(=O)CNC(=O)[C@@H]1CCCN1C(=O)[C@@H]1CCCN1C(=O)CNC(=O)[C@@H]1CCCN1C(=O)[C@@H]1CCCN1)C(=O)N1CCC[C@H]1C(=O)NCC(=O)N1CCC[C@H]1C(=O)N1CCC[C@H]1C(=O)NCC(=O)O. The molecule has 128 heavy (non-hydrogen) atoms. The molecule has 13 saturated heterocycles. The number of carboxylic acids is 1. The number of hydrogen-bond acceptors (Lipinski definition) is 23. The highest BCUT2D eigenvalue weighted by Gasteiger charge is 2.51. The second-order valence-corrected chi connectivity index (χ2v) is 36.5. The molecule has 0 aliphatic carbocycles. The van der Waals surface area contributed by atoms with Gasteiger partial charge in [-0.25, -0.2) is 0 Å². The summed E-state index contributed by atoms with van der Waals surface area (Å²) in [6.07, 6.45) is 13.0. The normalized spacial score (nSPS) is 27.0. The first-order chi connectivity index (χ1) is 61.6. The minimum atomic E-state index is -1.24. The standard InChI is InChI=1S/C84H123N21O22S/c1-128-42-28-51(79(122)100-36-4-17-53(100)73(116)88-45-66(108)98-34-14-27-63(98)84(127)105-41-9-22-58(105)77(120)92-49-70(112)113)93-64(106)43-86-71(114)54-18-5-37-101(54)80(123)59-23-10-30-94(59)67(109)46-89-74(117)56-20-7-39-103(56)82(125)61-25-12-32-96(61)69(111)48-91-76(119)57-21-8-40-104(57)83(126)62-26-13-33-97(62)68(110)47-90-75(118)55-19-6-38-102(55)81(124)60-24-11-31-95(60)65(107)44-87-72(115)52-16-3-35-99(52)78(121)50-15-2-29-85-50/h50-63,85H,2-49H2,1H3,(H,86,114)(H,87,115)(H,88,116)(H,89,117)(H,90,118)(H,91,119)(H,92,120)(H,93,106)(H,112,113)/t50-,51-,52-,53-,54-,55-,56-,57-,58-,59-,60-,61-,62-,63-/m0/s1. The van der Waals surface area contributed by atoms with Crippen LogP contribution in [0.1, 0.15) is 173 Å². The monoisotopic (exact) mass is 1810 g/mol. The van der Waals surface area contributed by atoms with Gasteiger partial charge in [0.15, 0.2) is 0 Å². The third-order valence-electron chi connectivity index (χ3n) is 27.7. The van der Waals surface area contributed by atoms with Gasteiger partial charge in [0.05, 0.1) is 45.3 Å². The molecule has 43 nitrogen and oxygen atoms in total. The first-order valence-corrected chi connectivity index (χ1v) is 47.3. The second-order valence-electron chi connectivity index (χ2n) is 35.5. The van der Waals surface area contributed by atoms with Crippen molar-refractivity contribution < 1.29 is 106 Å². The zero-order valence-electron chi connectivity index (χ0n) is 72.8. The van der Waals surface area contributed by atoms with Crippen LogP contribution in [0.4, 0.5) is 0 Å². The molecule has 14 atom stereocenters. The van der Waals surface area contributed by atoms with Crippen LogP contribution < -0.4 is 47.9 Å². The average Bonchev–Trinajstić information content (AvgIpc) is 1.66. The van der Waals surface area contributed by atoms with Crippen molar-refractivity contribution in [3.05, 3.63) is 0 Å². The van der Waals surface area contributed by atoms with Gasteiger partial charge in [0.2, 0.25) is 118 Å². The summed E-state index contributed by atoms with van der Waals surface area (Å²) in [4.78, 5) is 305. The maximum absolute atomic E-state index is 14.4. The Morgan fingerprint density at radius 2 is 0.508 bits per heavy atom. The Labute approximate surface area is 745 Å². The Bertz CT molecular complexity index is 4290. The minimum Gasteiger partial charge on any atom is -0.480 e. The lowest BCUT2D eigenvalue weighted by atomic mass is 10.1. The smallest absolute Gasteiger partial charge is 0.322 e. The van der Waals surface area contributed by atoms with Crippen LogP contribution in [0.5, 0.6) is 0 Å². The molecule has 0 aromatic heterocycles. The fourth-order valence-electron chi connectivity index (χ4n) is 21.2. The van der Waals surface area contributed by atoms with Crippen molar-refractivity contribution in [2.75, 3.05) is 143 Å². The van der Waals surface area contributed by atoms with Crippen LogP contribution in [0.3, 0.4) is 0 Å². The highest BCUT2D eigenvalue weighted by molar-refractivity contribution is 7.98. The Balaban J connectivity index is 0.519. The molecule has 0 saturated carbocycles. The van der Waals surface area contributed by atoms with E-state index in [1.807, 2.05) is 6.26 Å². The van der Waals surface area contributed by atoms with Crippen LogP contribution in [0.15, 0.2) is 0 Å². The summed E-state index contributed by atoms with van der Waals surface area (Å²) in [5, 5.41) is 33.2. The zero-order valence-corrected chi connectivity index (χ0v) is 73.6. The Morgan fingerprint density at radius 1 is 0.281 bits per heavy atom. The van der Waals surface area contributed by atoms with Crippen LogP contribution in [0.25, 0.3) is 0 Å². The lowest BCUT2D eigenvalue weighted by molar-refractivity contribution is -0.148. The number of carbonyl (C=O) groups excluding carboxylic acids is 20. The van der Waals surface area contributed by atoms with Gasteiger partial charge in [-0.2, -0.15) is 11.8 Å². The predicted molar refractivity (Wildman–Crippen MR) is 451 cm³/mol. The number of thioether (sulfide) groups is 1. The van der Waals surface area contributed by atoms with Gasteiger partial charge in [-0.1, -0.05) is 0 Å². The van der Waals surface area contributed by atoms with E-state index in [0.29, 0.717) is 134 Å². The molecule has 44 heteroatoms. The molecule has 13 aliphatic heterocycles. The molecule has 0 aromatic carbocycles. The van der Waals surface area contributed by atoms with Crippen molar-refractivity contribution >= 4 is 136 Å². The van der Waals surface area contributed by atoms with E-state index >= 15 is 0 Å². The van der Waals surface area contributed by atoms with E-state index in [1.54, 1.807) is 4.90 Å². The van der Waals surface area contributed by atoms with Crippen molar-refractivity contribution in [2.24, 2.45) is 0 Å². The van der Waals surface area contributed by atoms with Crippen LogP contribution in [-0.2, 0) is 101 Å². The number of nitrogens with zero attached hydrogens (tertiary/aromatic N) is 12. The summed E-state index contributed by atoms with van der Waals surface area (Å²) in [6, 6.07) is -12.6. The fourth-order valence-corrected chi connectivity index (χ4v) is 21.7. The molecule has 0 aromatic rings. The van der Waals surface area contributed by atoms with E-state index in [2.05, 4.69) is 47.9 Å². The lowest BCUT2D eigenvalue weighted by Gasteiger charge is -2.32. The number of amides is 20. The Kier molecular flexibility index (Phi) is 32.2. The van der Waals surface area contributed by atoms with Crippen molar-refractivity contribution in [1.82, 2.24) is 107 Å². The zero-order chi connectivity index (χ0) is 91.1. The molecule has 13 heterocycles. The molecule has 13 rings (SSSR count). The Hall–Kier alpha value is -10.8. The van der Waals surface area contributed by atoms with E-state index in [1.165, 1.54) is 65.7 Å². The van der Waals surface area contributed by atoms with E-state index in [0.717, 1.165) is 13.0 Å². The maximum atomic E-state index is 14.4. The lowest BCUT2D eigenvalue weighted by Crippen LogP contribution is -2.57. The van der Waals surface area contributed by atoms with Gasteiger partial charge in [0.25, 0.3) is 0 Å². The summed E-state index contributed by atoms with van der Waals surface area (Å²) >= 11 is 1.42. The summed E-state index contributed by atoms with van der Waals surface area (Å²) in [5.41, 5.74) is 0. The quantitative estimate of drug-likeness (QED) is 0.0300. The number of carboxylic acid groups (broad SMARTS) is 1. The molecular weight excluding hydrogens is 1690 g/mol. The summed E-state index contributed by atoms with van der Waals surface area (Å²) < 4.78 is 0. The summed E-state index contributed by atoms with van der Waals surface area (Å²) in [7, 11) is 0.